The van der Waals surface area contributed by atoms with E-state index in [0.717, 1.165) is 18.6 Å². The van der Waals surface area contributed by atoms with Crippen molar-refractivity contribution in [3.8, 4) is 5.75 Å². The number of carbonyl (C=O) groups is 2. The molecule has 1 N–H and O–H groups in total. The Morgan fingerprint density at radius 1 is 1.13 bits per heavy atom. The summed E-state index contributed by atoms with van der Waals surface area (Å²) in [6.45, 7) is 2.69. The second-order valence-electron chi connectivity index (χ2n) is 7.57. The molecule has 0 bridgehead atoms. The van der Waals surface area contributed by atoms with Gasteiger partial charge in [-0.3, -0.25) is 9.59 Å². The topological polar surface area (TPSA) is 58.6 Å². The highest BCUT2D eigenvalue weighted by Crippen LogP contribution is 2.37. The second-order valence-corrected chi connectivity index (χ2v) is 7.57. The molecule has 3 rings (SSSR count). The number of ether oxygens (including phenoxy) is 1. The van der Waals surface area contributed by atoms with Crippen molar-refractivity contribution in [1.29, 1.82) is 0 Å². The molecule has 0 saturated carbocycles. The van der Waals surface area contributed by atoms with Gasteiger partial charge in [0.05, 0.1) is 18.6 Å². The number of carbonyl (C=O) groups excluding carboxylic acids is 2. The van der Waals surface area contributed by atoms with E-state index >= 15 is 0 Å². The normalized spacial score (nSPS) is 18.7. The highest BCUT2D eigenvalue weighted by Gasteiger charge is 2.41. The van der Waals surface area contributed by atoms with Gasteiger partial charge in [0, 0.05) is 31.1 Å². The van der Waals surface area contributed by atoms with Crippen LogP contribution in [0.2, 0.25) is 0 Å². The molecule has 2 aromatic rings. The number of hydrogen-bond acceptors (Lipinski definition) is 3. The van der Waals surface area contributed by atoms with Gasteiger partial charge in [-0.15, -0.1) is 0 Å². The van der Waals surface area contributed by atoms with Crippen LogP contribution in [0.15, 0.2) is 48.5 Å². The van der Waals surface area contributed by atoms with Crippen LogP contribution < -0.4 is 10.1 Å². The summed E-state index contributed by atoms with van der Waals surface area (Å²) >= 11 is 0. The van der Waals surface area contributed by atoms with Crippen LogP contribution in [0.25, 0.3) is 0 Å². The van der Waals surface area contributed by atoms with Crippen LogP contribution in [-0.2, 0) is 11.0 Å². The predicted molar refractivity (Wildman–Crippen MR) is 110 cm³/mol. The summed E-state index contributed by atoms with van der Waals surface area (Å²) in [4.78, 5) is 27.3. The van der Waals surface area contributed by atoms with E-state index in [9.17, 15) is 22.8 Å². The Balaban J connectivity index is 1.88. The van der Waals surface area contributed by atoms with E-state index in [1.807, 2.05) is 6.92 Å². The van der Waals surface area contributed by atoms with Crippen molar-refractivity contribution < 1.29 is 27.5 Å². The third kappa shape index (κ3) is 5.18. The largest absolute Gasteiger partial charge is 0.497 e. The van der Waals surface area contributed by atoms with E-state index in [1.165, 1.54) is 18.1 Å². The van der Waals surface area contributed by atoms with Gasteiger partial charge >= 0.3 is 6.18 Å². The summed E-state index contributed by atoms with van der Waals surface area (Å²) in [7, 11) is 1.52. The third-order valence-corrected chi connectivity index (χ3v) is 5.47. The maximum Gasteiger partial charge on any atom is 0.416 e. The van der Waals surface area contributed by atoms with Crippen LogP contribution in [0.5, 0.6) is 5.75 Å². The van der Waals surface area contributed by atoms with Gasteiger partial charge in [-0.25, -0.2) is 0 Å². The van der Waals surface area contributed by atoms with Gasteiger partial charge in [0.25, 0.3) is 5.91 Å². The predicted octanol–water partition coefficient (Wildman–Crippen LogP) is 4.10. The standard InChI is InChI=1S/C23H25F3N2O3/c1-3-11-27-21(29)20-14-28(22(30)15-7-9-18(31-2)10-8-15)13-19(20)16-5-4-6-17(12-16)23(24,25)26/h4-10,12,19-20H,3,11,13-14H2,1-2H3,(H,27,29). The van der Waals surface area contributed by atoms with E-state index in [1.54, 1.807) is 30.3 Å². The monoisotopic (exact) mass is 434 g/mol. The average Bonchev–Trinajstić information content (AvgIpc) is 3.22. The fourth-order valence-electron chi connectivity index (χ4n) is 3.81. The SMILES string of the molecule is CCCNC(=O)C1CN(C(=O)c2ccc(OC)cc2)CC1c1cccc(C(F)(F)F)c1. The highest BCUT2D eigenvalue weighted by atomic mass is 19.4. The van der Waals surface area contributed by atoms with Crippen LogP contribution >= 0.6 is 0 Å². The molecular weight excluding hydrogens is 409 g/mol. The minimum absolute atomic E-state index is 0.140. The number of benzene rings is 2. The third-order valence-electron chi connectivity index (χ3n) is 5.47. The van der Waals surface area contributed by atoms with Crippen LogP contribution in [0.1, 0.15) is 40.7 Å². The van der Waals surface area contributed by atoms with Crippen molar-refractivity contribution in [2.24, 2.45) is 5.92 Å². The van der Waals surface area contributed by atoms with E-state index in [-0.39, 0.29) is 24.9 Å². The van der Waals surface area contributed by atoms with Crippen molar-refractivity contribution in [3.05, 3.63) is 65.2 Å². The van der Waals surface area contributed by atoms with E-state index in [4.69, 9.17) is 4.74 Å². The second kappa shape index (κ2) is 9.41. The number of nitrogens with zero attached hydrogens (tertiary/aromatic N) is 1. The Bertz CT molecular complexity index is 928. The minimum Gasteiger partial charge on any atom is -0.497 e. The minimum atomic E-state index is -4.48. The molecule has 0 aliphatic carbocycles. The molecule has 1 aliphatic rings. The lowest BCUT2D eigenvalue weighted by molar-refractivity contribution is -0.137. The molecule has 0 spiro atoms. The average molecular weight is 434 g/mol. The molecule has 2 amide bonds. The Morgan fingerprint density at radius 3 is 2.45 bits per heavy atom. The number of hydrogen-bond donors (Lipinski definition) is 1. The maximum absolute atomic E-state index is 13.2. The summed E-state index contributed by atoms with van der Waals surface area (Å²) < 4.78 is 44.7. The van der Waals surface area contributed by atoms with E-state index in [2.05, 4.69) is 5.32 Å². The molecule has 166 valence electrons. The number of nitrogens with one attached hydrogen (secondary N) is 1. The maximum atomic E-state index is 13.2. The molecule has 8 heteroatoms. The van der Waals surface area contributed by atoms with Crippen LogP contribution in [0, 0.1) is 5.92 Å². The number of amides is 2. The van der Waals surface area contributed by atoms with Crippen molar-refractivity contribution in [2.45, 2.75) is 25.4 Å². The molecule has 2 unspecified atom stereocenters. The zero-order valence-corrected chi connectivity index (χ0v) is 17.4. The number of halogens is 3. The first-order valence-electron chi connectivity index (χ1n) is 10.1. The molecule has 5 nitrogen and oxygen atoms in total. The fourth-order valence-corrected chi connectivity index (χ4v) is 3.81. The lowest BCUT2D eigenvalue weighted by atomic mass is 9.87. The first-order valence-corrected chi connectivity index (χ1v) is 10.1. The molecule has 1 saturated heterocycles. The molecule has 1 aliphatic heterocycles. The number of likely N-dealkylation sites (tertiary alicyclic amines) is 1. The highest BCUT2D eigenvalue weighted by molar-refractivity contribution is 5.95. The lowest BCUT2D eigenvalue weighted by Crippen LogP contribution is -2.36. The zero-order valence-electron chi connectivity index (χ0n) is 17.4. The van der Waals surface area contributed by atoms with Gasteiger partial charge < -0.3 is 15.0 Å². The Labute approximate surface area is 179 Å². The summed E-state index contributed by atoms with van der Waals surface area (Å²) in [6.07, 6.45) is -3.74. The number of rotatable bonds is 6. The van der Waals surface area contributed by atoms with Gasteiger partial charge in [-0.05, 0) is 42.3 Å². The molecule has 31 heavy (non-hydrogen) atoms. The zero-order chi connectivity index (χ0) is 22.6. The van der Waals surface area contributed by atoms with E-state index in [0.29, 0.717) is 23.4 Å². The van der Waals surface area contributed by atoms with Crippen LogP contribution in [0.4, 0.5) is 13.2 Å². The Hall–Kier alpha value is -3.03. The molecular formula is C23H25F3N2O3. The molecule has 0 aromatic heterocycles. The first kappa shape index (κ1) is 22.7. The Kier molecular flexibility index (Phi) is 6.87. The first-order chi connectivity index (χ1) is 14.7. The van der Waals surface area contributed by atoms with E-state index < -0.39 is 23.6 Å². The number of alkyl halides is 3. The summed E-state index contributed by atoms with van der Waals surface area (Å²) in [6, 6.07) is 11.6. The summed E-state index contributed by atoms with van der Waals surface area (Å²) in [5.41, 5.74) is 0.0624. The smallest absolute Gasteiger partial charge is 0.416 e. The summed E-state index contributed by atoms with van der Waals surface area (Å²) in [5.74, 6) is -1.07. The van der Waals surface area contributed by atoms with Gasteiger partial charge in [0.2, 0.25) is 5.91 Å². The van der Waals surface area contributed by atoms with Crippen molar-refractivity contribution in [2.75, 3.05) is 26.7 Å². The fraction of sp³-hybridized carbons (Fsp3) is 0.391. The van der Waals surface area contributed by atoms with Gasteiger partial charge in [-0.1, -0.05) is 25.1 Å². The van der Waals surface area contributed by atoms with Gasteiger partial charge in [-0.2, -0.15) is 13.2 Å². The van der Waals surface area contributed by atoms with Crippen LogP contribution in [-0.4, -0.2) is 43.5 Å². The molecule has 2 atom stereocenters. The van der Waals surface area contributed by atoms with Crippen molar-refractivity contribution in [3.63, 3.8) is 0 Å². The lowest BCUT2D eigenvalue weighted by Gasteiger charge is -2.19. The summed E-state index contributed by atoms with van der Waals surface area (Å²) in [5, 5.41) is 2.82. The molecule has 0 radical (unpaired) electrons. The molecule has 1 fully saturated rings. The van der Waals surface area contributed by atoms with Gasteiger partial charge in [0.1, 0.15) is 5.75 Å². The Morgan fingerprint density at radius 2 is 1.84 bits per heavy atom. The van der Waals surface area contributed by atoms with Gasteiger partial charge in [0.15, 0.2) is 0 Å². The molecule has 1 heterocycles. The molecule has 2 aromatic carbocycles. The van der Waals surface area contributed by atoms with Crippen molar-refractivity contribution >= 4 is 11.8 Å². The van der Waals surface area contributed by atoms with Crippen molar-refractivity contribution in [1.82, 2.24) is 10.2 Å². The number of methoxy groups -OCH3 is 1. The quantitative estimate of drug-likeness (QED) is 0.745. The van der Waals surface area contributed by atoms with Crippen LogP contribution in [0.3, 0.4) is 0 Å².